The molecule has 2 N–H and O–H groups in total. The van der Waals surface area contributed by atoms with Crippen LogP contribution in [0.2, 0.25) is 5.02 Å². The number of carbonyl (C=O) groups excluding carboxylic acids is 1. The van der Waals surface area contributed by atoms with Crippen molar-refractivity contribution in [3.8, 4) is 0 Å². The molecule has 2 rings (SSSR count). The van der Waals surface area contributed by atoms with E-state index in [4.69, 9.17) is 11.6 Å². The monoisotopic (exact) mass is 398 g/mol. The third-order valence-electron chi connectivity index (χ3n) is 3.42. The van der Waals surface area contributed by atoms with Crippen LogP contribution in [-0.4, -0.2) is 33.7 Å². The molecule has 25 heavy (non-hydrogen) atoms. The Balaban J connectivity index is 1.83. The van der Waals surface area contributed by atoms with E-state index in [1.165, 1.54) is 19.2 Å². The molecule has 5 nitrogen and oxygen atoms in total. The second-order valence-electron chi connectivity index (χ2n) is 5.14. The van der Waals surface area contributed by atoms with Crippen LogP contribution in [0.5, 0.6) is 0 Å². The summed E-state index contributed by atoms with van der Waals surface area (Å²) in [5.41, 5.74) is 1.37. The first kappa shape index (κ1) is 19.8. The lowest BCUT2D eigenvalue weighted by Crippen LogP contribution is -2.26. The van der Waals surface area contributed by atoms with Crippen LogP contribution in [0.1, 0.15) is 15.9 Å². The van der Waals surface area contributed by atoms with E-state index >= 15 is 0 Å². The predicted octanol–water partition coefficient (Wildman–Crippen LogP) is 2.91. The largest absolute Gasteiger partial charge is 0.351 e. The Labute approximate surface area is 157 Å². The van der Waals surface area contributed by atoms with E-state index in [2.05, 4.69) is 10.0 Å². The minimum Gasteiger partial charge on any atom is -0.351 e. The Morgan fingerprint density at radius 1 is 1.16 bits per heavy atom. The minimum atomic E-state index is -3.56. The second-order valence-corrected chi connectivity index (χ2v) is 8.53. The summed E-state index contributed by atoms with van der Waals surface area (Å²) >= 11 is 7.76. The van der Waals surface area contributed by atoms with E-state index in [0.717, 1.165) is 22.1 Å². The summed E-state index contributed by atoms with van der Waals surface area (Å²) in [6, 6.07) is 13.6. The number of halogens is 1. The van der Waals surface area contributed by atoms with Gasteiger partial charge in [0.05, 0.1) is 4.90 Å². The number of carbonyl (C=O) groups is 1. The van der Waals surface area contributed by atoms with Crippen molar-refractivity contribution in [1.82, 2.24) is 10.0 Å². The summed E-state index contributed by atoms with van der Waals surface area (Å²) < 4.78 is 25.8. The van der Waals surface area contributed by atoms with Crippen molar-refractivity contribution in [2.75, 3.05) is 19.3 Å². The zero-order valence-corrected chi connectivity index (χ0v) is 16.0. The zero-order chi connectivity index (χ0) is 18.3. The zero-order valence-electron chi connectivity index (χ0n) is 13.7. The van der Waals surface area contributed by atoms with Crippen LogP contribution in [0.15, 0.2) is 53.4 Å². The maximum atomic E-state index is 12.1. The average molecular weight is 399 g/mol. The van der Waals surface area contributed by atoms with Gasteiger partial charge in [0.2, 0.25) is 10.0 Å². The molecule has 0 aliphatic carbocycles. The molecule has 0 bridgehead atoms. The van der Waals surface area contributed by atoms with Gasteiger partial charge in [-0.2, -0.15) is 11.8 Å². The van der Waals surface area contributed by atoms with E-state index in [0.29, 0.717) is 12.1 Å². The molecule has 0 saturated heterocycles. The van der Waals surface area contributed by atoms with Crippen molar-refractivity contribution < 1.29 is 13.2 Å². The molecule has 134 valence electrons. The van der Waals surface area contributed by atoms with Gasteiger partial charge in [-0.25, -0.2) is 13.1 Å². The van der Waals surface area contributed by atoms with Crippen LogP contribution < -0.4 is 10.0 Å². The van der Waals surface area contributed by atoms with Gasteiger partial charge in [-0.05, 0) is 36.9 Å². The van der Waals surface area contributed by atoms with E-state index in [1.54, 1.807) is 23.9 Å². The number of benzene rings is 2. The van der Waals surface area contributed by atoms with Crippen molar-refractivity contribution in [2.24, 2.45) is 0 Å². The first-order valence-electron chi connectivity index (χ1n) is 7.57. The number of amides is 1. The van der Waals surface area contributed by atoms with E-state index in [-0.39, 0.29) is 10.8 Å². The molecule has 2 aromatic carbocycles. The molecule has 1 amide bonds. The number of nitrogens with one attached hydrogen (secondary N) is 2. The lowest BCUT2D eigenvalue weighted by atomic mass is 10.2. The minimum absolute atomic E-state index is 0.0655. The maximum absolute atomic E-state index is 12.1. The summed E-state index contributed by atoms with van der Waals surface area (Å²) in [7, 11) is -2.23. The van der Waals surface area contributed by atoms with Gasteiger partial charge in [-0.3, -0.25) is 4.79 Å². The van der Waals surface area contributed by atoms with Crippen molar-refractivity contribution in [3.05, 3.63) is 64.7 Å². The molecule has 0 aliphatic heterocycles. The molecule has 0 radical (unpaired) electrons. The van der Waals surface area contributed by atoms with Crippen LogP contribution >= 0.6 is 23.4 Å². The van der Waals surface area contributed by atoms with Crippen LogP contribution in [0.3, 0.4) is 0 Å². The van der Waals surface area contributed by atoms with Crippen LogP contribution in [0.25, 0.3) is 0 Å². The molecule has 0 unspecified atom stereocenters. The van der Waals surface area contributed by atoms with E-state index in [9.17, 15) is 13.2 Å². The van der Waals surface area contributed by atoms with Crippen molar-refractivity contribution in [3.63, 3.8) is 0 Å². The highest BCUT2D eigenvalue weighted by Gasteiger charge is 2.14. The molecule has 8 heteroatoms. The molecular weight excluding hydrogens is 380 g/mol. The third kappa shape index (κ3) is 5.74. The predicted molar refractivity (Wildman–Crippen MR) is 103 cm³/mol. The van der Waals surface area contributed by atoms with Crippen molar-refractivity contribution in [2.45, 2.75) is 10.6 Å². The third-order valence-corrected chi connectivity index (χ3v) is 6.21. The Morgan fingerprint density at radius 3 is 2.64 bits per heavy atom. The Bertz CT molecular complexity index is 841. The van der Waals surface area contributed by atoms with Crippen LogP contribution in [0, 0.1) is 0 Å². The fraction of sp³-hybridized carbons (Fsp3) is 0.235. The SMILES string of the molecule is CNS(=O)(=O)c1cccc(C(=O)NCCSCc2ccccc2Cl)c1. The maximum Gasteiger partial charge on any atom is 0.251 e. The summed E-state index contributed by atoms with van der Waals surface area (Å²) in [4.78, 5) is 12.2. The van der Waals surface area contributed by atoms with Gasteiger partial charge < -0.3 is 5.32 Å². The molecule has 0 saturated carbocycles. The molecule has 0 heterocycles. The number of hydrogen-bond donors (Lipinski definition) is 2. The first-order valence-corrected chi connectivity index (χ1v) is 10.6. The lowest BCUT2D eigenvalue weighted by Gasteiger charge is -2.08. The Kier molecular flexibility index (Phi) is 7.31. The van der Waals surface area contributed by atoms with Gasteiger partial charge in [-0.15, -0.1) is 0 Å². The van der Waals surface area contributed by atoms with Gasteiger partial charge in [0.1, 0.15) is 0 Å². The van der Waals surface area contributed by atoms with Gasteiger partial charge >= 0.3 is 0 Å². The lowest BCUT2D eigenvalue weighted by molar-refractivity contribution is 0.0956. The molecule has 0 fully saturated rings. The standard InChI is InChI=1S/C17H19ClN2O3S2/c1-19-25(22,23)15-7-4-6-13(11-15)17(21)20-9-10-24-12-14-5-2-3-8-16(14)18/h2-8,11,19H,9-10,12H2,1H3,(H,20,21). The molecule has 0 spiro atoms. The van der Waals surface area contributed by atoms with Gasteiger partial charge in [0, 0.05) is 28.6 Å². The second kappa shape index (κ2) is 9.24. The average Bonchev–Trinajstić information content (AvgIpc) is 2.63. The van der Waals surface area contributed by atoms with Crippen LogP contribution in [0.4, 0.5) is 0 Å². The molecule has 0 atom stereocenters. The van der Waals surface area contributed by atoms with E-state index < -0.39 is 10.0 Å². The normalized spacial score (nSPS) is 11.3. The number of thioether (sulfide) groups is 1. The highest BCUT2D eigenvalue weighted by atomic mass is 35.5. The van der Waals surface area contributed by atoms with Gasteiger partial charge in [0.15, 0.2) is 0 Å². The highest BCUT2D eigenvalue weighted by Crippen LogP contribution is 2.20. The first-order chi connectivity index (χ1) is 11.9. The number of hydrogen-bond acceptors (Lipinski definition) is 4. The van der Waals surface area contributed by atoms with Crippen molar-refractivity contribution in [1.29, 1.82) is 0 Å². The highest BCUT2D eigenvalue weighted by molar-refractivity contribution is 7.98. The molecule has 0 aliphatic rings. The summed E-state index contributed by atoms with van der Waals surface area (Å²) in [5, 5.41) is 3.53. The quantitative estimate of drug-likeness (QED) is 0.670. The summed E-state index contributed by atoms with van der Waals surface area (Å²) in [6.45, 7) is 0.483. The smallest absolute Gasteiger partial charge is 0.251 e. The molecule has 0 aromatic heterocycles. The van der Waals surface area contributed by atoms with Crippen LogP contribution in [-0.2, 0) is 15.8 Å². The Morgan fingerprint density at radius 2 is 1.92 bits per heavy atom. The van der Waals surface area contributed by atoms with Crippen molar-refractivity contribution >= 4 is 39.3 Å². The molecular formula is C17H19ClN2O3S2. The fourth-order valence-corrected chi connectivity index (χ4v) is 3.98. The fourth-order valence-electron chi connectivity index (χ4n) is 2.06. The van der Waals surface area contributed by atoms with E-state index in [1.807, 2.05) is 24.3 Å². The topological polar surface area (TPSA) is 75.3 Å². The number of rotatable bonds is 8. The summed E-state index contributed by atoms with van der Waals surface area (Å²) in [5.74, 6) is 1.20. The molecule has 2 aromatic rings. The van der Waals surface area contributed by atoms with Gasteiger partial charge in [-0.1, -0.05) is 35.9 Å². The summed E-state index contributed by atoms with van der Waals surface area (Å²) in [6.07, 6.45) is 0. The van der Waals surface area contributed by atoms with Gasteiger partial charge in [0.25, 0.3) is 5.91 Å². The number of sulfonamides is 1. The Hall–Kier alpha value is -1.54.